The summed E-state index contributed by atoms with van der Waals surface area (Å²) in [6.45, 7) is 0.0923. The smallest absolute Gasteiger partial charge is 0.390 e. The molecule has 0 bridgehead atoms. The maximum Gasteiger partial charge on any atom is 0.390 e. The Morgan fingerprint density at radius 3 is 2.83 bits per heavy atom. The molecule has 0 unspecified atom stereocenters. The molecule has 0 amide bonds. The molecule has 0 spiro atoms. The molecule has 0 saturated heterocycles. The zero-order valence-electron chi connectivity index (χ0n) is 9.41. The van der Waals surface area contributed by atoms with Gasteiger partial charge in [-0.1, -0.05) is 5.16 Å². The van der Waals surface area contributed by atoms with E-state index in [2.05, 4.69) is 15.5 Å². The largest absolute Gasteiger partial charge is 0.409 e. The molecule has 100 valence electrons. The Labute approximate surface area is 102 Å². The predicted octanol–water partition coefficient (Wildman–Crippen LogP) is 1.22. The van der Waals surface area contributed by atoms with Crippen LogP contribution >= 0.6 is 0 Å². The van der Waals surface area contributed by atoms with Crippen molar-refractivity contribution in [1.29, 1.82) is 0 Å². The summed E-state index contributed by atoms with van der Waals surface area (Å²) in [5.41, 5.74) is 6.32. The number of nitrogens with one attached hydrogen (secondary N) is 1. The molecule has 5 nitrogen and oxygen atoms in total. The minimum atomic E-state index is -4.16. The van der Waals surface area contributed by atoms with Crippen molar-refractivity contribution >= 4 is 5.84 Å². The highest BCUT2D eigenvalue weighted by Gasteiger charge is 2.25. The highest BCUT2D eigenvalue weighted by atomic mass is 19.4. The molecule has 0 aromatic carbocycles. The number of rotatable bonds is 5. The summed E-state index contributed by atoms with van der Waals surface area (Å²) < 4.78 is 35.7. The number of amidine groups is 1. The van der Waals surface area contributed by atoms with Gasteiger partial charge in [0.1, 0.15) is 5.69 Å². The van der Waals surface area contributed by atoms with E-state index in [-0.39, 0.29) is 24.6 Å². The van der Waals surface area contributed by atoms with E-state index in [1.165, 1.54) is 12.3 Å². The molecule has 4 N–H and O–H groups in total. The Balaban J connectivity index is 2.48. The van der Waals surface area contributed by atoms with Gasteiger partial charge in [-0.05, 0) is 17.7 Å². The number of halogens is 3. The van der Waals surface area contributed by atoms with Crippen molar-refractivity contribution in [2.75, 3.05) is 6.54 Å². The summed E-state index contributed by atoms with van der Waals surface area (Å²) in [4.78, 5) is 3.85. The van der Waals surface area contributed by atoms with E-state index >= 15 is 0 Å². The Hall–Kier alpha value is -1.83. The van der Waals surface area contributed by atoms with Crippen LogP contribution in [0.4, 0.5) is 13.2 Å². The van der Waals surface area contributed by atoms with Crippen molar-refractivity contribution in [2.24, 2.45) is 10.9 Å². The first-order chi connectivity index (χ1) is 8.42. The molecular formula is C10H13F3N4O. The van der Waals surface area contributed by atoms with E-state index in [1.54, 1.807) is 6.07 Å². The summed E-state index contributed by atoms with van der Waals surface area (Å²) in [5.74, 6) is -0.146. The third kappa shape index (κ3) is 5.00. The summed E-state index contributed by atoms with van der Waals surface area (Å²) in [5, 5.41) is 13.9. The van der Waals surface area contributed by atoms with Gasteiger partial charge in [-0.15, -0.1) is 0 Å². The topological polar surface area (TPSA) is 83.5 Å². The van der Waals surface area contributed by atoms with Crippen LogP contribution in [0.15, 0.2) is 23.5 Å². The van der Waals surface area contributed by atoms with Gasteiger partial charge < -0.3 is 16.3 Å². The Morgan fingerprint density at radius 2 is 2.22 bits per heavy atom. The first kappa shape index (κ1) is 14.2. The van der Waals surface area contributed by atoms with Crippen LogP contribution in [0.3, 0.4) is 0 Å². The van der Waals surface area contributed by atoms with Gasteiger partial charge in [-0.2, -0.15) is 13.2 Å². The van der Waals surface area contributed by atoms with E-state index in [0.717, 1.165) is 0 Å². The third-order valence-electron chi connectivity index (χ3n) is 2.11. The molecule has 0 radical (unpaired) electrons. The van der Waals surface area contributed by atoms with E-state index in [1.807, 2.05) is 0 Å². The van der Waals surface area contributed by atoms with Crippen LogP contribution in [0, 0.1) is 0 Å². The van der Waals surface area contributed by atoms with Crippen LogP contribution in [-0.2, 0) is 6.54 Å². The second-order valence-electron chi connectivity index (χ2n) is 3.58. The van der Waals surface area contributed by atoms with Crippen LogP contribution < -0.4 is 11.1 Å². The lowest BCUT2D eigenvalue weighted by Crippen LogP contribution is -2.22. The lowest BCUT2D eigenvalue weighted by atomic mass is 10.2. The Kier molecular flexibility index (Phi) is 4.90. The molecule has 0 aliphatic heterocycles. The minimum Gasteiger partial charge on any atom is -0.409 e. The maximum absolute atomic E-state index is 11.9. The molecule has 0 fully saturated rings. The van der Waals surface area contributed by atoms with Crippen LogP contribution in [0.5, 0.6) is 0 Å². The summed E-state index contributed by atoms with van der Waals surface area (Å²) in [6.07, 6.45) is -3.61. The summed E-state index contributed by atoms with van der Waals surface area (Å²) >= 11 is 0. The average Bonchev–Trinajstić information content (AvgIpc) is 2.33. The molecule has 0 atom stereocenters. The number of oxime groups is 1. The van der Waals surface area contributed by atoms with Crippen molar-refractivity contribution in [1.82, 2.24) is 10.3 Å². The number of nitrogens with two attached hydrogens (primary N) is 1. The van der Waals surface area contributed by atoms with Gasteiger partial charge >= 0.3 is 6.18 Å². The zero-order chi connectivity index (χ0) is 13.6. The second-order valence-corrected chi connectivity index (χ2v) is 3.58. The summed E-state index contributed by atoms with van der Waals surface area (Å²) in [7, 11) is 0. The molecule has 1 aromatic heterocycles. The second kappa shape index (κ2) is 6.20. The Bertz CT molecular complexity index is 420. The minimum absolute atomic E-state index is 0.146. The molecule has 1 heterocycles. The van der Waals surface area contributed by atoms with E-state index < -0.39 is 12.6 Å². The van der Waals surface area contributed by atoms with Crippen molar-refractivity contribution in [3.63, 3.8) is 0 Å². The molecular weight excluding hydrogens is 249 g/mol. The van der Waals surface area contributed by atoms with Crippen molar-refractivity contribution in [3.8, 4) is 0 Å². The van der Waals surface area contributed by atoms with Gasteiger partial charge in [0.25, 0.3) is 0 Å². The molecule has 0 aliphatic rings. The normalized spacial score (nSPS) is 12.7. The lowest BCUT2D eigenvalue weighted by Gasteiger charge is -2.08. The fourth-order valence-electron chi connectivity index (χ4n) is 1.24. The van der Waals surface area contributed by atoms with Crippen molar-refractivity contribution < 1.29 is 18.4 Å². The van der Waals surface area contributed by atoms with Crippen LogP contribution in [-0.4, -0.2) is 28.7 Å². The maximum atomic E-state index is 11.9. The lowest BCUT2D eigenvalue weighted by molar-refractivity contribution is -0.133. The van der Waals surface area contributed by atoms with E-state index in [9.17, 15) is 13.2 Å². The monoisotopic (exact) mass is 262 g/mol. The van der Waals surface area contributed by atoms with Gasteiger partial charge in [-0.3, -0.25) is 4.98 Å². The summed E-state index contributed by atoms with van der Waals surface area (Å²) in [6, 6.07) is 3.17. The van der Waals surface area contributed by atoms with Crippen molar-refractivity contribution in [3.05, 3.63) is 29.6 Å². The molecule has 18 heavy (non-hydrogen) atoms. The highest BCUT2D eigenvalue weighted by molar-refractivity contribution is 5.95. The van der Waals surface area contributed by atoms with Gasteiger partial charge in [0.15, 0.2) is 5.84 Å². The van der Waals surface area contributed by atoms with Crippen molar-refractivity contribution in [2.45, 2.75) is 19.1 Å². The number of pyridine rings is 1. The number of aromatic nitrogens is 1. The SMILES string of the molecule is NC(=NO)c1cc(CNCCC(F)(F)F)ccn1. The first-order valence-electron chi connectivity index (χ1n) is 5.12. The zero-order valence-corrected chi connectivity index (χ0v) is 9.41. The number of nitrogens with zero attached hydrogens (tertiary/aromatic N) is 2. The van der Waals surface area contributed by atoms with Gasteiger partial charge in [0, 0.05) is 19.3 Å². The molecule has 1 aromatic rings. The average molecular weight is 262 g/mol. The van der Waals surface area contributed by atoms with Gasteiger partial charge in [-0.25, -0.2) is 0 Å². The predicted molar refractivity (Wildman–Crippen MR) is 59.1 cm³/mol. The molecule has 0 aliphatic carbocycles. The first-order valence-corrected chi connectivity index (χ1v) is 5.12. The third-order valence-corrected chi connectivity index (χ3v) is 2.11. The highest BCUT2D eigenvalue weighted by Crippen LogP contribution is 2.18. The van der Waals surface area contributed by atoms with Crippen LogP contribution in [0.1, 0.15) is 17.7 Å². The fourth-order valence-corrected chi connectivity index (χ4v) is 1.24. The number of alkyl halides is 3. The molecule has 8 heteroatoms. The fraction of sp³-hybridized carbons (Fsp3) is 0.400. The van der Waals surface area contributed by atoms with Crippen LogP contribution in [0.2, 0.25) is 0 Å². The number of hydrogen-bond acceptors (Lipinski definition) is 4. The standard InChI is InChI=1S/C10H13F3N4O/c11-10(12,13)2-4-15-6-7-1-3-16-8(5-7)9(14)17-18/h1,3,5,15,18H,2,4,6H2,(H2,14,17). The number of hydrogen-bond donors (Lipinski definition) is 3. The van der Waals surface area contributed by atoms with Gasteiger partial charge in [0.05, 0.1) is 6.42 Å². The van der Waals surface area contributed by atoms with E-state index in [4.69, 9.17) is 10.9 Å². The quantitative estimate of drug-likeness (QED) is 0.245. The van der Waals surface area contributed by atoms with Crippen LogP contribution in [0.25, 0.3) is 0 Å². The van der Waals surface area contributed by atoms with E-state index in [0.29, 0.717) is 5.56 Å². The molecule has 0 saturated carbocycles. The molecule has 1 rings (SSSR count). The van der Waals surface area contributed by atoms with Gasteiger partial charge in [0.2, 0.25) is 0 Å². The Morgan fingerprint density at radius 1 is 1.50 bits per heavy atom.